The molecule has 3 aromatic rings. The molecule has 136 valence electrons. The van der Waals surface area contributed by atoms with Gasteiger partial charge in [0.2, 0.25) is 11.9 Å². The maximum absolute atomic E-state index is 14.8. The summed E-state index contributed by atoms with van der Waals surface area (Å²) < 4.78 is 16.8. The Labute approximate surface area is 155 Å². The summed E-state index contributed by atoms with van der Waals surface area (Å²) in [7, 11) is 0. The average molecular weight is 375 g/mol. The number of rotatable bonds is 4. The van der Waals surface area contributed by atoms with E-state index in [-0.39, 0.29) is 12.0 Å². The van der Waals surface area contributed by atoms with E-state index in [9.17, 15) is 4.39 Å². The first-order valence-electron chi connectivity index (χ1n) is 8.70. The molecule has 2 aromatic heterocycles. The van der Waals surface area contributed by atoms with Gasteiger partial charge in [0.05, 0.1) is 22.4 Å². The van der Waals surface area contributed by atoms with Crippen molar-refractivity contribution in [3.05, 3.63) is 29.2 Å². The topological polar surface area (TPSA) is 81.7 Å². The van der Waals surface area contributed by atoms with Gasteiger partial charge in [-0.15, -0.1) is 0 Å². The second-order valence-electron chi connectivity index (χ2n) is 6.92. The number of nitrogens with two attached hydrogens (primary N) is 1. The molecule has 0 saturated heterocycles. The average Bonchev–Trinajstić information content (AvgIpc) is 2.92. The Morgan fingerprint density at radius 2 is 2.08 bits per heavy atom. The van der Waals surface area contributed by atoms with Crippen LogP contribution in [-0.2, 0) is 0 Å². The summed E-state index contributed by atoms with van der Waals surface area (Å²) in [6.45, 7) is 4.10. The van der Waals surface area contributed by atoms with Gasteiger partial charge < -0.3 is 15.6 Å². The quantitative estimate of drug-likeness (QED) is 0.706. The molecular weight excluding hydrogens is 355 g/mol. The summed E-state index contributed by atoms with van der Waals surface area (Å²) in [4.78, 5) is 12.5. The number of nitrogens with zero attached hydrogens (tertiary/aromatic N) is 4. The lowest BCUT2D eigenvalue weighted by Gasteiger charge is -2.27. The van der Waals surface area contributed by atoms with Gasteiger partial charge >= 0.3 is 0 Å². The van der Waals surface area contributed by atoms with Crippen LogP contribution in [0.5, 0.6) is 0 Å². The van der Waals surface area contributed by atoms with E-state index in [1.165, 1.54) is 18.7 Å². The van der Waals surface area contributed by atoms with Crippen LogP contribution < -0.4 is 11.1 Å². The van der Waals surface area contributed by atoms with Gasteiger partial charge in [-0.05, 0) is 45.2 Å². The summed E-state index contributed by atoms with van der Waals surface area (Å²) in [6, 6.07) is 3.76. The number of nitrogen functional groups attached to an aromatic ring is 1. The molecule has 3 N–H and O–H groups in total. The van der Waals surface area contributed by atoms with Gasteiger partial charge in [0, 0.05) is 17.6 Å². The van der Waals surface area contributed by atoms with Crippen LogP contribution in [0.15, 0.2) is 18.3 Å². The van der Waals surface area contributed by atoms with E-state index < -0.39 is 5.82 Å². The normalized spacial score (nSPS) is 14.8. The largest absolute Gasteiger partial charge is 0.368 e. The Morgan fingerprint density at radius 1 is 1.31 bits per heavy atom. The lowest BCUT2D eigenvalue weighted by Crippen LogP contribution is -2.28. The SMILES string of the molecule is CC(C)n1c(NC2CCC2)nc2c(F)cc(-c3nc(N)ncc3Cl)cc21. The third kappa shape index (κ3) is 2.86. The van der Waals surface area contributed by atoms with Crippen molar-refractivity contribution in [1.29, 1.82) is 0 Å². The number of halogens is 2. The molecular formula is C18H20ClFN6. The smallest absolute Gasteiger partial charge is 0.220 e. The van der Waals surface area contributed by atoms with E-state index >= 15 is 0 Å². The lowest BCUT2D eigenvalue weighted by atomic mass is 9.93. The molecule has 0 bridgehead atoms. The number of hydrogen-bond donors (Lipinski definition) is 2. The first kappa shape index (κ1) is 17.0. The highest BCUT2D eigenvalue weighted by Gasteiger charge is 2.23. The summed E-state index contributed by atoms with van der Waals surface area (Å²) in [6.07, 6.45) is 4.87. The van der Waals surface area contributed by atoms with Crippen molar-refractivity contribution in [1.82, 2.24) is 19.5 Å². The zero-order chi connectivity index (χ0) is 18.4. The van der Waals surface area contributed by atoms with Gasteiger partial charge in [0.25, 0.3) is 0 Å². The number of fused-ring (bicyclic) bond motifs is 1. The van der Waals surface area contributed by atoms with Crippen LogP contribution in [0.4, 0.5) is 16.3 Å². The molecule has 1 aliphatic carbocycles. The highest BCUT2D eigenvalue weighted by molar-refractivity contribution is 6.33. The van der Waals surface area contributed by atoms with E-state index in [4.69, 9.17) is 17.3 Å². The van der Waals surface area contributed by atoms with Gasteiger partial charge in [-0.2, -0.15) is 0 Å². The van der Waals surface area contributed by atoms with Crippen LogP contribution in [0, 0.1) is 5.82 Å². The van der Waals surface area contributed by atoms with Crippen molar-refractivity contribution in [2.75, 3.05) is 11.1 Å². The molecule has 26 heavy (non-hydrogen) atoms. The van der Waals surface area contributed by atoms with Crippen molar-refractivity contribution < 1.29 is 4.39 Å². The Balaban J connectivity index is 1.89. The first-order chi connectivity index (χ1) is 12.4. The van der Waals surface area contributed by atoms with Crippen molar-refractivity contribution >= 4 is 34.5 Å². The van der Waals surface area contributed by atoms with Crippen LogP contribution in [0.25, 0.3) is 22.3 Å². The summed E-state index contributed by atoms with van der Waals surface area (Å²) in [5.74, 6) is 0.375. The Kier molecular flexibility index (Phi) is 4.19. The van der Waals surface area contributed by atoms with Crippen molar-refractivity contribution in [2.24, 2.45) is 0 Å². The molecule has 0 atom stereocenters. The van der Waals surface area contributed by atoms with Crippen LogP contribution >= 0.6 is 11.6 Å². The summed E-state index contributed by atoms with van der Waals surface area (Å²) in [5.41, 5.74) is 7.66. The van der Waals surface area contributed by atoms with Gasteiger partial charge in [0.1, 0.15) is 5.52 Å². The number of hydrogen-bond acceptors (Lipinski definition) is 5. The number of imidazole rings is 1. The predicted molar refractivity (Wildman–Crippen MR) is 102 cm³/mol. The van der Waals surface area contributed by atoms with Gasteiger partial charge in [-0.1, -0.05) is 11.6 Å². The fourth-order valence-corrected chi connectivity index (χ4v) is 3.43. The highest BCUT2D eigenvalue weighted by atomic mass is 35.5. The van der Waals surface area contributed by atoms with E-state index in [0.29, 0.717) is 39.3 Å². The highest BCUT2D eigenvalue weighted by Crippen LogP contribution is 2.34. The molecule has 2 heterocycles. The second kappa shape index (κ2) is 6.39. The Hall–Kier alpha value is -2.41. The minimum Gasteiger partial charge on any atom is -0.368 e. The monoisotopic (exact) mass is 374 g/mol. The van der Waals surface area contributed by atoms with Crippen LogP contribution in [0.2, 0.25) is 5.02 Å². The van der Waals surface area contributed by atoms with Gasteiger partial charge in [0.15, 0.2) is 5.82 Å². The standard InChI is InChI=1S/C18H20ClFN6/c1-9(2)26-14-7-10(15-12(19)8-22-17(21)24-15)6-13(20)16(14)25-18(26)23-11-4-3-5-11/h6-9,11H,3-5H2,1-2H3,(H,23,25)(H2,21,22,24). The zero-order valence-corrected chi connectivity index (χ0v) is 15.4. The van der Waals surface area contributed by atoms with E-state index in [1.54, 1.807) is 0 Å². The van der Waals surface area contributed by atoms with E-state index in [1.807, 2.05) is 24.5 Å². The summed E-state index contributed by atoms with van der Waals surface area (Å²) in [5, 5.41) is 3.76. The fraction of sp³-hybridized carbons (Fsp3) is 0.389. The number of benzene rings is 1. The van der Waals surface area contributed by atoms with E-state index in [0.717, 1.165) is 12.8 Å². The fourth-order valence-electron chi connectivity index (χ4n) is 3.23. The Bertz CT molecular complexity index is 979. The molecule has 1 aliphatic rings. The van der Waals surface area contributed by atoms with Crippen LogP contribution in [-0.4, -0.2) is 25.6 Å². The minimum atomic E-state index is -0.415. The number of aromatic nitrogens is 4. The zero-order valence-electron chi connectivity index (χ0n) is 14.6. The third-order valence-corrected chi connectivity index (χ3v) is 5.02. The molecule has 0 radical (unpaired) electrons. The van der Waals surface area contributed by atoms with Crippen LogP contribution in [0.1, 0.15) is 39.2 Å². The maximum atomic E-state index is 14.8. The second-order valence-corrected chi connectivity index (χ2v) is 7.33. The lowest BCUT2D eigenvalue weighted by molar-refractivity contribution is 0.439. The third-order valence-electron chi connectivity index (χ3n) is 4.74. The molecule has 1 aromatic carbocycles. The summed E-state index contributed by atoms with van der Waals surface area (Å²) >= 11 is 6.20. The molecule has 6 nitrogen and oxygen atoms in total. The molecule has 0 unspecified atom stereocenters. The van der Waals surface area contributed by atoms with Crippen molar-refractivity contribution in [3.8, 4) is 11.3 Å². The molecule has 1 saturated carbocycles. The molecule has 0 spiro atoms. The molecule has 1 fully saturated rings. The maximum Gasteiger partial charge on any atom is 0.220 e. The molecule has 0 aliphatic heterocycles. The molecule has 8 heteroatoms. The van der Waals surface area contributed by atoms with Gasteiger partial charge in [-0.25, -0.2) is 19.3 Å². The van der Waals surface area contributed by atoms with Gasteiger partial charge in [-0.3, -0.25) is 0 Å². The predicted octanol–water partition coefficient (Wildman–Crippen LogP) is 4.41. The van der Waals surface area contributed by atoms with Crippen molar-refractivity contribution in [2.45, 2.75) is 45.2 Å². The minimum absolute atomic E-state index is 0.0922. The Morgan fingerprint density at radius 3 is 2.73 bits per heavy atom. The molecule has 4 rings (SSSR count). The molecule has 0 amide bonds. The first-order valence-corrected chi connectivity index (χ1v) is 9.08. The van der Waals surface area contributed by atoms with E-state index in [2.05, 4.69) is 20.3 Å². The van der Waals surface area contributed by atoms with Crippen molar-refractivity contribution in [3.63, 3.8) is 0 Å². The number of anilines is 2. The van der Waals surface area contributed by atoms with Crippen LogP contribution in [0.3, 0.4) is 0 Å². The number of nitrogens with one attached hydrogen (secondary N) is 1.